The Morgan fingerprint density at radius 1 is 1.21 bits per heavy atom. The van der Waals surface area contributed by atoms with Crippen molar-refractivity contribution in [3.05, 3.63) is 36.3 Å². The molecule has 0 saturated carbocycles. The van der Waals surface area contributed by atoms with E-state index in [1.54, 1.807) is 18.2 Å². The third-order valence-corrected chi connectivity index (χ3v) is 4.53. The van der Waals surface area contributed by atoms with Crippen LogP contribution in [0.2, 0.25) is 0 Å². The zero-order valence-electron chi connectivity index (χ0n) is 14.6. The van der Waals surface area contributed by atoms with Gasteiger partial charge >= 0.3 is 0 Å². The summed E-state index contributed by atoms with van der Waals surface area (Å²) in [5, 5.41) is 0.370. The highest BCUT2D eigenvalue weighted by molar-refractivity contribution is 7.79. The fourth-order valence-electron chi connectivity index (χ4n) is 2.65. The van der Waals surface area contributed by atoms with E-state index >= 15 is 0 Å². The quantitative estimate of drug-likeness (QED) is 0.552. The van der Waals surface area contributed by atoms with Gasteiger partial charge in [-0.2, -0.15) is 4.98 Å². The van der Waals surface area contributed by atoms with E-state index < -0.39 is 35.8 Å². The Hall–Kier alpha value is -2.79. The number of rotatable bonds is 7. The molecule has 1 unspecified atom stereocenters. The van der Waals surface area contributed by atoms with Crippen molar-refractivity contribution in [3.8, 4) is 23.2 Å². The number of nitrogens with zero attached hydrogens (tertiary/aromatic N) is 2. The van der Waals surface area contributed by atoms with Crippen LogP contribution in [0.15, 0.2) is 35.4 Å². The molecule has 0 aliphatic heterocycles. The maximum absolute atomic E-state index is 14.4. The zero-order chi connectivity index (χ0) is 20.4. The van der Waals surface area contributed by atoms with Crippen molar-refractivity contribution >= 4 is 22.0 Å². The fraction of sp³-hybridized carbons (Fsp3) is 0.235. The smallest absolute Gasteiger partial charge is 0.272 e. The van der Waals surface area contributed by atoms with Gasteiger partial charge in [-0.25, -0.2) is 13.2 Å². The minimum atomic E-state index is -2.80. The molecule has 1 aromatic carbocycles. The van der Waals surface area contributed by atoms with Crippen LogP contribution in [0, 0.1) is 5.82 Å². The van der Waals surface area contributed by atoms with Gasteiger partial charge in [0.2, 0.25) is 5.88 Å². The van der Waals surface area contributed by atoms with E-state index in [0.29, 0.717) is 16.7 Å². The molecule has 11 heteroatoms. The first-order valence-electron chi connectivity index (χ1n) is 7.80. The molecule has 28 heavy (non-hydrogen) atoms. The lowest BCUT2D eigenvalue weighted by molar-refractivity contribution is 0.0769. The molecule has 0 radical (unpaired) electrons. The van der Waals surface area contributed by atoms with Crippen LogP contribution in [0.3, 0.4) is 0 Å². The molecule has 0 aliphatic carbocycles. The summed E-state index contributed by atoms with van der Waals surface area (Å²) >= 11 is -2.57. The van der Waals surface area contributed by atoms with Crippen molar-refractivity contribution in [2.24, 2.45) is 0 Å². The number of fused-ring (bicyclic) bond motifs is 1. The number of methoxy groups -OCH3 is 2. The van der Waals surface area contributed by atoms with Crippen molar-refractivity contribution in [1.29, 1.82) is 0 Å². The number of halogens is 3. The van der Waals surface area contributed by atoms with E-state index in [4.69, 9.17) is 9.47 Å². The van der Waals surface area contributed by atoms with Crippen LogP contribution in [0.1, 0.15) is 0 Å². The minimum absolute atomic E-state index is 0.0295. The molecule has 0 aliphatic rings. The molecule has 0 bridgehead atoms. The van der Waals surface area contributed by atoms with Crippen molar-refractivity contribution in [2.45, 2.75) is 11.3 Å². The second kappa shape index (κ2) is 8.07. The highest BCUT2D eigenvalue weighted by Gasteiger charge is 2.20. The van der Waals surface area contributed by atoms with Gasteiger partial charge in [0.05, 0.1) is 24.6 Å². The molecule has 0 saturated heterocycles. The number of ether oxygens (including phenoxy) is 3. The molecule has 0 amide bonds. The second-order valence-corrected chi connectivity index (χ2v) is 6.40. The minimum Gasteiger partial charge on any atom is -0.768 e. The van der Waals surface area contributed by atoms with E-state index in [1.165, 1.54) is 25.0 Å². The van der Waals surface area contributed by atoms with Crippen LogP contribution in [0.25, 0.3) is 16.6 Å². The highest BCUT2D eigenvalue weighted by Crippen LogP contribution is 2.34. The summed E-state index contributed by atoms with van der Waals surface area (Å²) in [6, 6.07) is 5.65. The first kappa shape index (κ1) is 20.0. The highest BCUT2D eigenvalue weighted by atomic mass is 32.2. The van der Waals surface area contributed by atoms with E-state index in [9.17, 15) is 21.9 Å². The summed E-state index contributed by atoms with van der Waals surface area (Å²) < 4.78 is 78.5. The Bertz CT molecular complexity index is 1040. The first-order chi connectivity index (χ1) is 13.3. The number of alkyl halides is 2. The number of benzene rings is 1. The van der Waals surface area contributed by atoms with Gasteiger partial charge < -0.3 is 23.3 Å². The summed E-state index contributed by atoms with van der Waals surface area (Å²) in [4.78, 5) is 3.75. The molecule has 0 spiro atoms. The third kappa shape index (κ3) is 3.76. The zero-order valence-corrected chi connectivity index (χ0v) is 15.5. The summed E-state index contributed by atoms with van der Waals surface area (Å²) in [6.45, 7) is -1.03. The van der Waals surface area contributed by atoms with Gasteiger partial charge in [0.15, 0.2) is 12.4 Å². The van der Waals surface area contributed by atoms with Gasteiger partial charge in [-0.15, -0.1) is 0 Å². The van der Waals surface area contributed by atoms with Gasteiger partial charge in [-0.1, -0.05) is 0 Å². The van der Waals surface area contributed by atoms with E-state index in [2.05, 4.69) is 9.72 Å². The summed E-state index contributed by atoms with van der Waals surface area (Å²) in [7, 11) is 2.69. The average molecular weight is 415 g/mol. The molecule has 0 N–H and O–H groups in total. The van der Waals surface area contributed by atoms with Crippen molar-refractivity contribution in [1.82, 2.24) is 9.55 Å². The standard InChI is InChI=1S/C17H15F3N2O5S/c1-25-9-3-4-10-12(5-9)22(7-14(10)28(23)24)13-6-11(18)16(21-17(13)26-2)27-8-15(19)20/h3-7,15H,8H2,1-2H3,(H,23,24)/p-1. The number of aromatic nitrogens is 2. The van der Waals surface area contributed by atoms with Gasteiger partial charge in [-0.05, 0) is 23.2 Å². The van der Waals surface area contributed by atoms with Crippen molar-refractivity contribution in [2.75, 3.05) is 20.8 Å². The van der Waals surface area contributed by atoms with Crippen LogP contribution in [-0.2, 0) is 11.1 Å². The molecular weight excluding hydrogens is 401 g/mol. The number of hydrogen-bond donors (Lipinski definition) is 0. The summed E-state index contributed by atoms with van der Waals surface area (Å²) in [6.07, 6.45) is -1.53. The third-order valence-electron chi connectivity index (χ3n) is 3.84. The van der Waals surface area contributed by atoms with Crippen molar-refractivity contribution < 1.29 is 36.1 Å². The maximum Gasteiger partial charge on any atom is 0.272 e. The lowest BCUT2D eigenvalue weighted by atomic mass is 10.2. The van der Waals surface area contributed by atoms with Gasteiger partial charge in [0.1, 0.15) is 11.4 Å². The Labute approximate surface area is 159 Å². The molecule has 2 aromatic heterocycles. The SMILES string of the molecule is COc1ccc2c(S(=O)[O-])cn(-c3cc(F)c(OCC(F)F)nc3OC)c2c1. The van der Waals surface area contributed by atoms with Crippen LogP contribution in [-0.4, -0.2) is 45.6 Å². The molecule has 1 atom stereocenters. The summed E-state index contributed by atoms with van der Waals surface area (Å²) in [5.74, 6) is -1.36. The van der Waals surface area contributed by atoms with Crippen LogP contribution < -0.4 is 14.2 Å². The molecule has 2 heterocycles. The lowest BCUT2D eigenvalue weighted by Gasteiger charge is -2.13. The Kier molecular flexibility index (Phi) is 5.75. The Balaban J connectivity index is 2.21. The monoisotopic (exact) mass is 415 g/mol. The fourth-order valence-corrected chi connectivity index (χ4v) is 3.19. The Morgan fingerprint density at radius 2 is 1.96 bits per heavy atom. The predicted octanol–water partition coefficient (Wildman–Crippen LogP) is 3.06. The van der Waals surface area contributed by atoms with Gasteiger partial charge in [0.25, 0.3) is 12.3 Å². The van der Waals surface area contributed by atoms with Gasteiger partial charge in [-0.3, -0.25) is 4.21 Å². The van der Waals surface area contributed by atoms with Crippen LogP contribution >= 0.6 is 0 Å². The molecule has 7 nitrogen and oxygen atoms in total. The molecule has 0 fully saturated rings. The normalized spacial score (nSPS) is 12.4. The first-order valence-corrected chi connectivity index (χ1v) is 8.87. The van der Waals surface area contributed by atoms with Crippen LogP contribution in [0.5, 0.6) is 17.5 Å². The van der Waals surface area contributed by atoms with E-state index in [1.807, 2.05) is 0 Å². The molecule has 3 rings (SSSR count). The average Bonchev–Trinajstić information content (AvgIpc) is 3.05. The predicted molar refractivity (Wildman–Crippen MR) is 92.8 cm³/mol. The van der Waals surface area contributed by atoms with Gasteiger partial charge in [0, 0.05) is 23.7 Å². The van der Waals surface area contributed by atoms with Crippen molar-refractivity contribution in [3.63, 3.8) is 0 Å². The van der Waals surface area contributed by atoms with E-state index in [0.717, 1.165) is 6.07 Å². The van der Waals surface area contributed by atoms with E-state index in [-0.39, 0.29) is 16.5 Å². The molecule has 150 valence electrons. The number of hydrogen-bond acceptors (Lipinski definition) is 6. The van der Waals surface area contributed by atoms with Crippen LogP contribution in [0.4, 0.5) is 13.2 Å². The molecular formula is C17H14F3N2O5S-. The maximum atomic E-state index is 14.4. The number of pyridine rings is 1. The largest absolute Gasteiger partial charge is 0.768 e. The topological polar surface area (TPSA) is 85.6 Å². The second-order valence-electron chi connectivity index (χ2n) is 5.49. The molecule has 3 aromatic rings. The Morgan fingerprint density at radius 3 is 2.57 bits per heavy atom. The lowest BCUT2D eigenvalue weighted by Crippen LogP contribution is -2.10. The summed E-state index contributed by atoms with van der Waals surface area (Å²) in [5.41, 5.74) is 0.443.